The van der Waals surface area contributed by atoms with Crippen molar-refractivity contribution in [2.24, 2.45) is 5.16 Å². The van der Waals surface area contributed by atoms with E-state index in [1.54, 1.807) is 13.8 Å². The smallest absolute Gasteiger partial charge is 0.347 e. The number of rotatable bonds is 11. The van der Waals surface area contributed by atoms with Gasteiger partial charge in [0.05, 0.1) is 25.5 Å². The lowest BCUT2D eigenvalue weighted by Gasteiger charge is -2.32. The minimum absolute atomic E-state index is 0.0273. The van der Waals surface area contributed by atoms with Gasteiger partial charge in [-0.25, -0.2) is 13.6 Å². The van der Waals surface area contributed by atoms with Gasteiger partial charge >= 0.3 is 5.97 Å². The van der Waals surface area contributed by atoms with Crippen molar-refractivity contribution in [1.29, 1.82) is 0 Å². The number of benzene rings is 1. The Bertz CT molecular complexity index is 1080. The molecule has 0 spiro atoms. The number of carbonyl (C=O) groups excluding carboxylic acids is 3. The summed E-state index contributed by atoms with van der Waals surface area (Å²) in [5, 5.41) is 10.2. The van der Waals surface area contributed by atoms with E-state index in [-0.39, 0.29) is 56.3 Å². The summed E-state index contributed by atoms with van der Waals surface area (Å²) in [4.78, 5) is 42.8. The maximum absolute atomic E-state index is 14.4. The van der Waals surface area contributed by atoms with Crippen LogP contribution in [0.3, 0.4) is 0 Å². The highest BCUT2D eigenvalue weighted by Crippen LogP contribution is 2.25. The number of oxime groups is 1. The molecule has 194 valence electrons. The van der Waals surface area contributed by atoms with Crippen LogP contribution in [0.5, 0.6) is 5.75 Å². The monoisotopic (exact) mass is 508 g/mol. The zero-order valence-corrected chi connectivity index (χ0v) is 19.8. The van der Waals surface area contributed by atoms with E-state index in [0.29, 0.717) is 0 Å². The third-order valence-corrected chi connectivity index (χ3v) is 5.08. The largest absolute Gasteiger partial charge is 0.485 e. The minimum Gasteiger partial charge on any atom is -0.485 e. The van der Waals surface area contributed by atoms with Crippen LogP contribution in [0.15, 0.2) is 29.6 Å². The lowest BCUT2D eigenvalue weighted by molar-refractivity contribution is -0.148. The van der Waals surface area contributed by atoms with Gasteiger partial charge in [-0.1, -0.05) is 12.1 Å². The summed E-state index contributed by atoms with van der Waals surface area (Å²) in [6.45, 7) is 3.03. The van der Waals surface area contributed by atoms with E-state index in [9.17, 15) is 23.2 Å². The Morgan fingerprint density at radius 1 is 1.25 bits per heavy atom. The van der Waals surface area contributed by atoms with Crippen molar-refractivity contribution in [2.75, 3.05) is 39.5 Å². The van der Waals surface area contributed by atoms with E-state index in [4.69, 9.17) is 19.0 Å². The van der Waals surface area contributed by atoms with Crippen molar-refractivity contribution in [3.63, 3.8) is 0 Å². The molecule has 1 atom stereocenters. The van der Waals surface area contributed by atoms with Gasteiger partial charge in [0, 0.05) is 24.7 Å². The van der Waals surface area contributed by atoms with Crippen LogP contribution in [0.2, 0.25) is 0 Å². The van der Waals surface area contributed by atoms with E-state index in [0.717, 1.165) is 12.1 Å². The molecule has 11 nitrogen and oxygen atoms in total. The number of hydrogen-bond acceptors (Lipinski definition) is 9. The van der Waals surface area contributed by atoms with Crippen LogP contribution in [-0.2, 0) is 23.9 Å². The Labute approximate surface area is 205 Å². The van der Waals surface area contributed by atoms with Crippen molar-refractivity contribution < 1.29 is 42.2 Å². The molecule has 1 amide bonds. The molecule has 1 aliphatic rings. The first kappa shape index (κ1) is 26.7. The highest BCUT2D eigenvalue weighted by atomic mass is 19.1. The van der Waals surface area contributed by atoms with Gasteiger partial charge in [0.2, 0.25) is 6.61 Å². The van der Waals surface area contributed by atoms with Crippen molar-refractivity contribution in [2.45, 2.75) is 26.4 Å². The second-order valence-corrected chi connectivity index (χ2v) is 7.59. The summed E-state index contributed by atoms with van der Waals surface area (Å²) >= 11 is 0. The molecule has 3 rings (SSSR count). The Kier molecular flexibility index (Phi) is 9.45. The predicted molar refractivity (Wildman–Crippen MR) is 121 cm³/mol. The fourth-order valence-corrected chi connectivity index (χ4v) is 3.34. The zero-order valence-electron chi connectivity index (χ0n) is 19.8. The molecule has 0 saturated carbocycles. The molecule has 0 bridgehead atoms. The number of aromatic amines is 1. The molecule has 1 unspecified atom stereocenters. The third kappa shape index (κ3) is 6.84. The number of hydrogen-bond donors (Lipinski definition) is 1. The van der Waals surface area contributed by atoms with Gasteiger partial charge in [-0.3, -0.25) is 14.7 Å². The van der Waals surface area contributed by atoms with Crippen LogP contribution in [0, 0.1) is 11.6 Å². The quantitative estimate of drug-likeness (QED) is 0.211. The van der Waals surface area contributed by atoms with Crippen LogP contribution < -0.4 is 4.74 Å². The minimum atomic E-state index is -1.01. The number of carbonyl (C=O) groups is 3. The normalized spacial score (nSPS) is 15.9. The summed E-state index contributed by atoms with van der Waals surface area (Å²) < 4.78 is 44.4. The van der Waals surface area contributed by atoms with Crippen LogP contribution in [-0.4, -0.2) is 84.1 Å². The molecule has 1 aliphatic heterocycles. The number of nitrogens with one attached hydrogen (secondary N) is 1. The Hall–Kier alpha value is -3.87. The van der Waals surface area contributed by atoms with Crippen LogP contribution in [0.4, 0.5) is 8.78 Å². The Morgan fingerprint density at radius 3 is 2.64 bits per heavy atom. The number of H-pyrrole nitrogens is 1. The molecule has 36 heavy (non-hydrogen) atoms. The summed E-state index contributed by atoms with van der Waals surface area (Å²) in [6.07, 6.45) is 0.820. The summed E-state index contributed by atoms with van der Waals surface area (Å²) in [6, 6.07) is 3.35. The molecular weight excluding hydrogens is 482 g/mol. The number of amides is 1. The number of nitrogens with zero attached hydrogens (tertiary/aromatic N) is 3. The number of ether oxygens (including phenoxy) is 3. The first-order valence-corrected chi connectivity index (χ1v) is 11.2. The van der Waals surface area contributed by atoms with Gasteiger partial charge < -0.3 is 23.9 Å². The Morgan fingerprint density at radius 2 is 2.00 bits per heavy atom. The molecular formula is C23H26F2N4O7. The molecule has 1 aromatic carbocycles. The highest BCUT2D eigenvalue weighted by molar-refractivity contribution is 6.44. The fraction of sp³-hybridized carbons (Fsp3) is 0.435. The van der Waals surface area contributed by atoms with Crippen molar-refractivity contribution in [3.05, 3.63) is 47.3 Å². The zero-order chi connectivity index (χ0) is 26.1. The van der Waals surface area contributed by atoms with Crippen LogP contribution >= 0.6 is 0 Å². The van der Waals surface area contributed by atoms with E-state index in [1.165, 1.54) is 17.2 Å². The number of aromatic nitrogens is 2. The highest BCUT2D eigenvalue weighted by Gasteiger charge is 2.30. The molecule has 1 saturated heterocycles. The lowest BCUT2D eigenvalue weighted by Crippen LogP contribution is -2.50. The van der Waals surface area contributed by atoms with E-state index in [2.05, 4.69) is 15.4 Å². The van der Waals surface area contributed by atoms with E-state index < -0.39 is 47.8 Å². The number of morpholine rings is 1. The van der Waals surface area contributed by atoms with Gasteiger partial charge in [0.1, 0.15) is 12.7 Å². The van der Waals surface area contributed by atoms with Crippen LogP contribution in [0.25, 0.3) is 0 Å². The van der Waals surface area contributed by atoms with Gasteiger partial charge in [0.25, 0.3) is 5.91 Å². The third-order valence-electron chi connectivity index (χ3n) is 5.08. The van der Waals surface area contributed by atoms with Crippen molar-refractivity contribution >= 4 is 23.4 Å². The average Bonchev–Trinajstić information content (AvgIpc) is 3.40. The average molecular weight is 508 g/mol. The van der Waals surface area contributed by atoms with E-state index in [1.807, 2.05) is 0 Å². The SMILES string of the molecule is CCOC(=O)CO/N=C(/C(=O)N1CCOC(COc2c(F)cc(C(=O)CC)cc2F)C1)c1ccn[nH]1. The standard InChI is InChI=1S/C23H26F2N4O7/c1-3-19(30)14-9-16(24)22(17(25)10-14)35-12-15-11-29(7-8-34-15)23(32)21(18-5-6-26-27-18)28-36-13-20(31)33-4-2/h5-6,9-10,15H,3-4,7-8,11-13H2,1-2H3,(H,26,27)/b28-21+. The second-order valence-electron chi connectivity index (χ2n) is 7.59. The summed E-state index contributed by atoms with van der Waals surface area (Å²) in [5.74, 6) is -4.25. The van der Waals surface area contributed by atoms with Gasteiger partial charge in [-0.05, 0) is 25.1 Å². The maximum atomic E-state index is 14.4. The topological polar surface area (TPSA) is 132 Å². The maximum Gasteiger partial charge on any atom is 0.347 e. The molecule has 0 radical (unpaired) electrons. The molecule has 13 heteroatoms. The molecule has 1 fully saturated rings. The van der Waals surface area contributed by atoms with Crippen molar-refractivity contribution in [3.8, 4) is 5.75 Å². The second kappa shape index (κ2) is 12.7. The lowest BCUT2D eigenvalue weighted by atomic mass is 10.1. The number of Topliss-reactive ketones (excluding diaryl/α,β-unsaturated/α-hetero) is 1. The van der Waals surface area contributed by atoms with Crippen molar-refractivity contribution in [1.82, 2.24) is 15.1 Å². The molecule has 1 N–H and O–H groups in total. The van der Waals surface area contributed by atoms with Gasteiger partial charge in [0.15, 0.2) is 28.9 Å². The van der Waals surface area contributed by atoms with Gasteiger partial charge in [-0.2, -0.15) is 5.10 Å². The van der Waals surface area contributed by atoms with E-state index >= 15 is 0 Å². The Balaban J connectivity index is 1.66. The predicted octanol–water partition coefficient (Wildman–Crippen LogP) is 1.87. The molecule has 0 aliphatic carbocycles. The summed E-state index contributed by atoms with van der Waals surface area (Å²) in [5.41, 5.74) is 0.0435. The fourth-order valence-electron chi connectivity index (χ4n) is 3.34. The van der Waals surface area contributed by atoms with Gasteiger partial charge in [-0.15, -0.1) is 0 Å². The number of ketones is 1. The number of halogens is 2. The summed E-state index contributed by atoms with van der Waals surface area (Å²) in [7, 11) is 0. The first-order chi connectivity index (χ1) is 17.3. The molecule has 2 heterocycles. The molecule has 2 aromatic rings. The number of esters is 1. The molecule has 1 aromatic heterocycles. The van der Waals surface area contributed by atoms with Crippen LogP contribution in [0.1, 0.15) is 36.3 Å². The first-order valence-electron chi connectivity index (χ1n) is 11.2.